The van der Waals surface area contributed by atoms with Crippen LogP contribution in [0.15, 0.2) is 12.3 Å². The van der Waals surface area contributed by atoms with Gasteiger partial charge >= 0.3 is 0 Å². The summed E-state index contributed by atoms with van der Waals surface area (Å²) in [7, 11) is 0. The van der Waals surface area contributed by atoms with Crippen molar-refractivity contribution in [2.75, 3.05) is 0 Å². The van der Waals surface area contributed by atoms with Crippen molar-refractivity contribution in [2.24, 2.45) is 0 Å². The van der Waals surface area contributed by atoms with Crippen molar-refractivity contribution >= 4 is 5.78 Å². The molecule has 2 atom stereocenters. The fraction of sp³-hybridized carbons (Fsp3) is 0.667. The highest BCUT2D eigenvalue weighted by Crippen LogP contribution is 2.27. The quantitative estimate of drug-likeness (QED) is 0.520. The van der Waals surface area contributed by atoms with E-state index in [0.29, 0.717) is 11.8 Å². The molecule has 0 aromatic rings. The third-order valence-electron chi connectivity index (χ3n) is 2.71. The van der Waals surface area contributed by atoms with E-state index >= 15 is 0 Å². The van der Waals surface area contributed by atoms with Crippen LogP contribution >= 0.6 is 0 Å². The van der Waals surface area contributed by atoms with E-state index in [2.05, 4.69) is 11.8 Å². The normalized spacial score (nSPS) is 36.1. The molecule has 2 heterocycles. The van der Waals surface area contributed by atoms with E-state index < -0.39 is 0 Å². The van der Waals surface area contributed by atoms with Crippen molar-refractivity contribution in [2.45, 2.75) is 38.3 Å². The van der Waals surface area contributed by atoms with Gasteiger partial charge in [0.15, 0.2) is 5.78 Å². The molecule has 0 spiro atoms. The van der Waals surface area contributed by atoms with Crippen molar-refractivity contribution in [1.82, 2.24) is 4.90 Å². The Morgan fingerprint density at radius 2 is 2.36 bits per heavy atom. The SMILES string of the molecule is CC1CCCC2C(=O)C=CN12. The van der Waals surface area contributed by atoms with Crippen molar-refractivity contribution in [3.8, 4) is 0 Å². The molecule has 2 nitrogen and oxygen atoms in total. The minimum atomic E-state index is 0.193. The standard InChI is InChI=1S/C9H13NO/c1-7-3-2-4-8-9(11)5-6-10(7)8/h5-8H,2-4H2,1H3. The molecule has 0 bridgehead atoms. The first-order chi connectivity index (χ1) is 5.29. The smallest absolute Gasteiger partial charge is 0.179 e. The topological polar surface area (TPSA) is 20.3 Å². The lowest BCUT2D eigenvalue weighted by Gasteiger charge is -2.35. The lowest BCUT2D eigenvalue weighted by molar-refractivity contribution is -0.118. The first-order valence-corrected chi connectivity index (χ1v) is 4.28. The highest BCUT2D eigenvalue weighted by atomic mass is 16.1. The van der Waals surface area contributed by atoms with Crippen LogP contribution in [0.1, 0.15) is 26.2 Å². The summed E-state index contributed by atoms with van der Waals surface area (Å²) >= 11 is 0. The zero-order chi connectivity index (χ0) is 7.84. The third-order valence-corrected chi connectivity index (χ3v) is 2.71. The van der Waals surface area contributed by atoms with Crippen LogP contribution in [0.2, 0.25) is 0 Å². The van der Waals surface area contributed by atoms with Crippen LogP contribution in [-0.2, 0) is 4.79 Å². The molecule has 0 saturated carbocycles. The highest BCUT2D eigenvalue weighted by Gasteiger charge is 2.32. The molecule has 0 aliphatic carbocycles. The summed E-state index contributed by atoms with van der Waals surface area (Å²) in [6.07, 6.45) is 7.16. The van der Waals surface area contributed by atoms with Gasteiger partial charge in [0.2, 0.25) is 0 Å². The van der Waals surface area contributed by atoms with E-state index in [4.69, 9.17) is 0 Å². The zero-order valence-corrected chi connectivity index (χ0v) is 6.79. The summed E-state index contributed by atoms with van der Waals surface area (Å²) in [5.74, 6) is 0.302. The Labute approximate surface area is 66.9 Å². The number of fused-ring (bicyclic) bond motifs is 1. The predicted octanol–water partition coefficient (Wildman–Crippen LogP) is 1.33. The lowest BCUT2D eigenvalue weighted by atomic mass is 9.97. The molecule has 2 rings (SSSR count). The highest BCUT2D eigenvalue weighted by molar-refractivity contribution is 5.96. The van der Waals surface area contributed by atoms with Gasteiger partial charge in [0, 0.05) is 12.2 Å². The molecule has 2 unspecified atom stereocenters. The summed E-state index contributed by atoms with van der Waals surface area (Å²) < 4.78 is 0. The van der Waals surface area contributed by atoms with Crippen LogP contribution in [0.4, 0.5) is 0 Å². The van der Waals surface area contributed by atoms with Gasteiger partial charge in [-0.05, 0) is 32.3 Å². The van der Waals surface area contributed by atoms with Crippen molar-refractivity contribution in [3.63, 3.8) is 0 Å². The number of piperidine rings is 1. The molecule has 60 valence electrons. The van der Waals surface area contributed by atoms with Gasteiger partial charge in [-0.15, -0.1) is 0 Å². The fourth-order valence-electron chi connectivity index (χ4n) is 2.02. The number of carbonyl (C=O) groups excluding carboxylic acids is 1. The van der Waals surface area contributed by atoms with Gasteiger partial charge in [0.1, 0.15) is 0 Å². The third kappa shape index (κ3) is 0.971. The minimum absolute atomic E-state index is 0.193. The average molecular weight is 151 g/mol. The fourth-order valence-corrected chi connectivity index (χ4v) is 2.02. The van der Waals surface area contributed by atoms with Crippen LogP contribution in [0.3, 0.4) is 0 Å². The van der Waals surface area contributed by atoms with Gasteiger partial charge in [0.05, 0.1) is 6.04 Å². The van der Waals surface area contributed by atoms with Crippen LogP contribution in [0, 0.1) is 0 Å². The number of hydrogen-bond acceptors (Lipinski definition) is 2. The Kier molecular flexibility index (Phi) is 1.48. The molecule has 2 aliphatic rings. The lowest BCUT2D eigenvalue weighted by Crippen LogP contribution is -2.41. The van der Waals surface area contributed by atoms with Gasteiger partial charge in [-0.2, -0.15) is 0 Å². The average Bonchev–Trinajstić information content (AvgIpc) is 2.35. The van der Waals surface area contributed by atoms with Gasteiger partial charge in [-0.1, -0.05) is 0 Å². The first kappa shape index (κ1) is 6.89. The summed E-state index contributed by atoms with van der Waals surface area (Å²) in [6, 6.07) is 0.759. The molecule has 0 aromatic carbocycles. The van der Waals surface area contributed by atoms with E-state index in [1.165, 1.54) is 12.8 Å². The minimum Gasteiger partial charge on any atom is -0.364 e. The van der Waals surface area contributed by atoms with Gasteiger partial charge < -0.3 is 4.90 Å². The molecule has 0 amide bonds. The molecule has 2 aliphatic heterocycles. The molecular formula is C9H13NO. The zero-order valence-electron chi connectivity index (χ0n) is 6.79. The molecular weight excluding hydrogens is 138 g/mol. The summed E-state index contributed by atoms with van der Waals surface area (Å²) in [5.41, 5.74) is 0. The molecule has 0 N–H and O–H groups in total. The van der Waals surface area contributed by atoms with Crippen LogP contribution in [0.5, 0.6) is 0 Å². The van der Waals surface area contributed by atoms with Crippen molar-refractivity contribution in [3.05, 3.63) is 12.3 Å². The van der Waals surface area contributed by atoms with Crippen LogP contribution in [0.25, 0.3) is 0 Å². The molecule has 11 heavy (non-hydrogen) atoms. The second-order valence-corrected chi connectivity index (χ2v) is 3.46. The Morgan fingerprint density at radius 1 is 1.55 bits per heavy atom. The largest absolute Gasteiger partial charge is 0.364 e. The molecule has 0 radical (unpaired) electrons. The number of ketones is 1. The summed E-state index contributed by atoms with van der Waals surface area (Å²) in [5, 5.41) is 0. The Hall–Kier alpha value is -0.790. The Balaban J connectivity index is 2.18. The molecule has 2 heteroatoms. The van der Waals surface area contributed by atoms with E-state index in [1.807, 2.05) is 6.20 Å². The predicted molar refractivity (Wildman–Crippen MR) is 43.1 cm³/mol. The van der Waals surface area contributed by atoms with E-state index in [9.17, 15) is 4.79 Å². The van der Waals surface area contributed by atoms with Crippen LogP contribution in [-0.4, -0.2) is 22.8 Å². The number of hydrogen-bond donors (Lipinski definition) is 0. The van der Waals surface area contributed by atoms with Gasteiger partial charge in [-0.25, -0.2) is 0 Å². The first-order valence-electron chi connectivity index (χ1n) is 4.28. The van der Waals surface area contributed by atoms with Crippen molar-refractivity contribution in [1.29, 1.82) is 0 Å². The Bertz CT molecular complexity index is 210. The maximum absolute atomic E-state index is 11.2. The van der Waals surface area contributed by atoms with Gasteiger partial charge in [-0.3, -0.25) is 4.79 Å². The second kappa shape index (κ2) is 2.36. The van der Waals surface area contributed by atoms with E-state index in [0.717, 1.165) is 6.42 Å². The maximum Gasteiger partial charge on any atom is 0.179 e. The second-order valence-electron chi connectivity index (χ2n) is 3.46. The summed E-state index contributed by atoms with van der Waals surface area (Å²) in [6.45, 7) is 2.19. The van der Waals surface area contributed by atoms with E-state index in [1.54, 1.807) is 6.08 Å². The van der Waals surface area contributed by atoms with Crippen molar-refractivity contribution < 1.29 is 4.79 Å². The number of carbonyl (C=O) groups is 1. The number of nitrogens with zero attached hydrogens (tertiary/aromatic N) is 1. The maximum atomic E-state index is 11.2. The number of rotatable bonds is 0. The van der Waals surface area contributed by atoms with E-state index in [-0.39, 0.29) is 6.04 Å². The molecule has 1 fully saturated rings. The van der Waals surface area contributed by atoms with Gasteiger partial charge in [0.25, 0.3) is 0 Å². The molecule has 1 saturated heterocycles. The summed E-state index contributed by atoms with van der Waals surface area (Å²) in [4.78, 5) is 13.4. The monoisotopic (exact) mass is 151 g/mol. The molecule has 0 aromatic heterocycles. The van der Waals surface area contributed by atoms with Crippen LogP contribution < -0.4 is 0 Å². The Morgan fingerprint density at radius 3 is 3.09 bits per heavy atom.